The average molecular weight is 290 g/mol. The molecule has 0 aromatic heterocycles. The molecule has 7 heteroatoms. The minimum absolute atomic E-state index is 0.278. The predicted molar refractivity (Wildman–Crippen MR) is 77.0 cm³/mol. The first-order valence-corrected chi connectivity index (χ1v) is 6.92. The summed E-state index contributed by atoms with van der Waals surface area (Å²) in [6.45, 7) is 3.45. The largest absolute Gasteiger partial charge is 0.493 e. The summed E-state index contributed by atoms with van der Waals surface area (Å²) in [4.78, 5) is 14.8. The lowest BCUT2D eigenvalue weighted by Gasteiger charge is -2.18. The summed E-state index contributed by atoms with van der Waals surface area (Å²) in [5.74, 6) is 0.535. The van der Waals surface area contributed by atoms with Gasteiger partial charge in [-0.1, -0.05) is 11.2 Å². The van der Waals surface area contributed by atoms with E-state index in [1.165, 1.54) is 0 Å². The van der Waals surface area contributed by atoms with Gasteiger partial charge in [0.1, 0.15) is 11.8 Å². The Morgan fingerprint density at radius 2 is 2.48 bits per heavy atom. The zero-order valence-corrected chi connectivity index (χ0v) is 11.9. The molecule has 112 valence electrons. The highest BCUT2D eigenvalue weighted by Gasteiger charge is 2.23. The molecule has 1 aliphatic heterocycles. The lowest BCUT2D eigenvalue weighted by molar-refractivity contribution is -0.145. The number of carbonyl (C=O) groups is 1. The lowest BCUT2D eigenvalue weighted by atomic mass is 10.0. The van der Waals surface area contributed by atoms with E-state index in [9.17, 15) is 4.79 Å². The molecule has 0 saturated carbocycles. The van der Waals surface area contributed by atoms with E-state index in [-0.39, 0.29) is 12.5 Å². The summed E-state index contributed by atoms with van der Waals surface area (Å²) in [7, 11) is 0. The fraction of sp³-hybridized carbons (Fsp3) is 0.500. The number of hydrogen-bond acceptors (Lipinski definition) is 5. The first-order chi connectivity index (χ1) is 10.3. The third-order valence-corrected chi connectivity index (χ3v) is 3.19. The van der Waals surface area contributed by atoms with Crippen LogP contribution in [0.15, 0.2) is 23.3 Å². The van der Waals surface area contributed by atoms with Crippen LogP contribution in [-0.4, -0.2) is 32.3 Å². The SMILES string of the molecule is CCOC(=O)C(NCCN=[N+]=[N-])c1ccc2c(c1)CCO2. The van der Waals surface area contributed by atoms with Crippen molar-refractivity contribution < 1.29 is 14.3 Å². The second kappa shape index (κ2) is 7.52. The quantitative estimate of drug-likeness (QED) is 0.273. The lowest BCUT2D eigenvalue weighted by Crippen LogP contribution is -2.32. The van der Waals surface area contributed by atoms with Crippen molar-refractivity contribution in [2.75, 3.05) is 26.3 Å². The maximum Gasteiger partial charge on any atom is 0.327 e. The third kappa shape index (κ3) is 3.87. The zero-order valence-electron chi connectivity index (χ0n) is 11.9. The van der Waals surface area contributed by atoms with Gasteiger partial charge >= 0.3 is 5.97 Å². The first kappa shape index (κ1) is 15.2. The summed E-state index contributed by atoms with van der Waals surface area (Å²) in [6.07, 6.45) is 0.845. The highest BCUT2D eigenvalue weighted by molar-refractivity contribution is 5.78. The third-order valence-electron chi connectivity index (χ3n) is 3.19. The summed E-state index contributed by atoms with van der Waals surface area (Å²) in [6, 6.07) is 5.13. The van der Waals surface area contributed by atoms with E-state index < -0.39 is 6.04 Å². The van der Waals surface area contributed by atoms with Gasteiger partial charge in [-0.2, -0.15) is 0 Å². The van der Waals surface area contributed by atoms with Gasteiger partial charge < -0.3 is 14.8 Å². The molecule has 21 heavy (non-hydrogen) atoms. The van der Waals surface area contributed by atoms with Crippen molar-refractivity contribution in [1.29, 1.82) is 0 Å². The van der Waals surface area contributed by atoms with Crippen molar-refractivity contribution in [3.8, 4) is 5.75 Å². The van der Waals surface area contributed by atoms with Crippen molar-refractivity contribution in [3.05, 3.63) is 39.8 Å². The molecule has 0 amide bonds. The number of benzene rings is 1. The molecule has 0 saturated heterocycles. The Kier molecular flexibility index (Phi) is 5.43. The summed E-state index contributed by atoms with van der Waals surface area (Å²) >= 11 is 0. The molecule has 1 aromatic rings. The first-order valence-electron chi connectivity index (χ1n) is 6.92. The van der Waals surface area contributed by atoms with E-state index in [0.29, 0.717) is 19.8 Å². The van der Waals surface area contributed by atoms with Crippen LogP contribution in [0.2, 0.25) is 0 Å². The van der Waals surface area contributed by atoms with E-state index in [0.717, 1.165) is 23.3 Å². The Hall–Kier alpha value is -2.24. The topological polar surface area (TPSA) is 96.3 Å². The minimum Gasteiger partial charge on any atom is -0.493 e. The van der Waals surface area contributed by atoms with Gasteiger partial charge in [0.2, 0.25) is 0 Å². The van der Waals surface area contributed by atoms with Crippen LogP contribution >= 0.6 is 0 Å². The van der Waals surface area contributed by atoms with E-state index in [1.807, 2.05) is 18.2 Å². The van der Waals surface area contributed by atoms with Crippen LogP contribution < -0.4 is 10.1 Å². The van der Waals surface area contributed by atoms with Gasteiger partial charge in [-0.25, -0.2) is 4.79 Å². The molecular formula is C14H18N4O3. The van der Waals surface area contributed by atoms with E-state index >= 15 is 0 Å². The molecule has 0 bridgehead atoms. The summed E-state index contributed by atoms with van der Waals surface area (Å²) in [5.41, 5.74) is 10.2. The van der Waals surface area contributed by atoms with Crippen LogP contribution in [-0.2, 0) is 16.0 Å². The average Bonchev–Trinajstić information content (AvgIpc) is 2.95. The zero-order chi connectivity index (χ0) is 15.1. The van der Waals surface area contributed by atoms with Crippen molar-refractivity contribution >= 4 is 5.97 Å². The fourth-order valence-corrected chi connectivity index (χ4v) is 2.25. The second-order valence-electron chi connectivity index (χ2n) is 4.56. The maximum absolute atomic E-state index is 12.1. The van der Waals surface area contributed by atoms with Crippen LogP contribution in [0.5, 0.6) is 5.75 Å². The van der Waals surface area contributed by atoms with Crippen LogP contribution in [0.1, 0.15) is 24.1 Å². The number of esters is 1. The number of nitrogens with one attached hydrogen (secondary N) is 1. The van der Waals surface area contributed by atoms with Crippen LogP contribution in [0, 0.1) is 0 Å². The minimum atomic E-state index is -0.565. The molecule has 1 unspecified atom stereocenters. The normalized spacial score (nSPS) is 13.8. The van der Waals surface area contributed by atoms with Gasteiger partial charge in [-0.15, -0.1) is 0 Å². The van der Waals surface area contributed by atoms with Gasteiger partial charge in [-0.05, 0) is 35.7 Å². The molecule has 7 nitrogen and oxygen atoms in total. The van der Waals surface area contributed by atoms with Crippen LogP contribution in [0.25, 0.3) is 10.4 Å². The Balaban J connectivity index is 2.13. The number of ether oxygens (including phenoxy) is 2. The molecule has 0 fully saturated rings. The highest BCUT2D eigenvalue weighted by atomic mass is 16.5. The molecule has 1 aliphatic rings. The van der Waals surface area contributed by atoms with Crippen LogP contribution in [0.4, 0.5) is 0 Å². The molecule has 2 rings (SSSR count). The molecule has 1 heterocycles. The van der Waals surface area contributed by atoms with Crippen molar-refractivity contribution in [2.24, 2.45) is 5.11 Å². The monoisotopic (exact) mass is 290 g/mol. The van der Waals surface area contributed by atoms with Gasteiger partial charge in [0.15, 0.2) is 0 Å². The van der Waals surface area contributed by atoms with Crippen molar-refractivity contribution in [3.63, 3.8) is 0 Å². The van der Waals surface area contributed by atoms with Gasteiger partial charge in [-0.3, -0.25) is 0 Å². The van der Waals surface area contributed by atoms with Gasteiger partial charge in [0.05, 0.1) is 13.2 Å². The molecule has 1 atom stereocenters. The standard InChI is InChI=1S/C14H18N4O3/c1-2-20-14(19)13(16-6-7-17-18-15)11-3-4-12-10(9-11)5-8-21-12/h3-4,9,13,16H,2,5-8H2,1H3. The molecule has 0 aliphatic carbocycles. The smallest absolute Gasteiger partial charge is 0.327 e. The van der Waals surface area contributed by atoms with Crippen LogP contribution in [0.3, 0.4) is 0 Å². The number of azide groups is 1. The number of hydrogen-bond donors (Lipinski definition) is 1. The number of fused-ring (bicyclic) bond motifs is 1. The molecule has 0 spiro atoms. The fourth-order valence-electron chi connectivity index (χ4n) is 2.25. The Labute approximate surface area is 122 Å². The van der Waals surface area contributed by atoms with E-state index in [4.69, 9.17) is 15.0 Å². The van der Waals surface area contributed by atoms with E-state index in [1.54, 1.807) is 6.92 Å². The van der Waals surface area contributed by atoms with E-state index in [2.05, 4.69) is 15.3 Å². The molecule has 0 radical (unpaired) electrons. The second-order valence-corrected chi connectivity index (χ2v) is 4.56. The van der Waals surface area contributed by atoms with Crippen molar-refractivity contribution in [2.45, 2.75) is 19.4 Å². The Morgan fingerprint density at radius 1 is 1.62 bits per heavy atom. The molecule has 1 aromatic carbocycles. The number of nitrogens with zero attached hydrogens (tertiary/aromatic N) is 3. The predicted octanol–water partition coefficient (Wildman–Crippen LogP) is 2.13. The summed E-state index contributed by atoms with van der Waals surface area (Å²) < 4.78 is 10.6. The summed E-state index contributed by atoms with van der Waals surface area (Å²) in [5, 5.41) is 6.51. The Morgan fingerprint density at radius 3 is 3.24 bits per heavy atom. The van der Waals surface area contributed by atoms with Gasteiger partial charge in [0, 0.05) is 24.4 Å². The molecule has 1 N–H and O–H groups in total. The molecular weight excluding hydrogens is 272 g/mol. The number of rotatable bonds is 7. The van der Waals surface area contributed by atoms with Crippen molar-refractivity contribution in [1.82, 2.24) is 5.32 Å². The maximum atomic E-state index is 12.1. The Bertz CT molecular complexity index is 555. The van der Waals surface area contributed by atoms with Gasteiger partial charge in [0.25, 0.3) is 0 Å². The highest BCUT2D eigenvalue weighted by Crippen LogP contribution is 2.28. The number of carbonyl (C=O) groups excluding carboxylic acids is 1.